The van der Waals surface area contributed by atoms with E-state index < -0.39 is 0 Å². The van der Waals surface area contributed by atoms with Crippen LogP contribution in [-0.2, 0) is 0 Å². The molecule has 0 saturated heterocycles. The molecule has 0 radical (unpaired) electrons. The lowest BCUT2D eigenvalue weighted by molar-refractivity contribution is 0.598. The summed E-state index contributed by atoms with van der Waals surface area (Å²) in [4.78, 5) is -0.130. The van der Waals surface area contributed by atoms with Crippen molar-refractivity contribution >= 4 is 11.6 Å². The van der Waals surface area contributed by atoms with E-state index in [0.29, 0.717) is 0 Å². The lowest BCUT2D eigenvalue weighted by atomic mass is 9.92. The van der Waals surface area contributed by atoms with Crippen molar-refractivity contribution in [1.82, 2.24) is 6.15 Å². The van der Waals surface area contributed by atoms with Gasteiger partial charge in [0.1, 0.15) is 0 Å². The van der Waals surface area contributed by atoms with Gasteiger partial charge in [0.2, 0.25) is 0 Å². The van der Waals surface area contributed by atoms with Crippen molar-refractivity contribution in [3.05, 3.63) is 12.2 Å². The van der Waals surface area contributed by atoms with Gasteiger partial charge in [0.05, 0.1) is 4.87 Å². The van der Waals surface area contributed by atoms with E-state index in [0.717, 1.165) is 19.3 Å². The second-order valence-electron chi connectivity index (χ2n) is 2.63. The number of halogens is 1. The first-order chi connectivity index (χ1) is 4.60. The molecule has 0 fully saturated rings. The van der Waals surface area contributed by atoms with Crippen LogP contribution in [0.15, 0.2) is 12.2 Å². The van der Waals surface area contributed by atoms with Gasteiger partial charge in [-0.1, -0.05) is 32.9 Å². The minimum atomic E-state index is -0.130. The van der Waals surface area contributed by atoms with E-state index in [1.54, 1.807) is 0 Å². The van der Waals surface area contributed by atoms with E-state index in [-0.39, 0.29) is 11.0 Å². The summed E-state index contributed by atoms with van der Waals surface area (Å²) in [5.74, 6) is 0. The van der Waals surface area contributed by atoms with Gasteiger partial charge < -0.3 is 6.15 Å². The molecule has 3 N–H and O–H groups in total. The molecule has 0 atom stereocenters. The van der Waals surface area contributed by atoms with Gasteiger partial charge in [-0.3, -0.25) is 0 Å². The molecule has 1 nitrogen and oxygen atoms in total. The zero-order valence-electron chi connectivity index (χ0n) is 7.91. The van der Waals surface area contributed by atoms with Crippen LogP contribution >= 0.6 is 11.6 Å². The van der Waals surface area contributed by atoms with Crippen LogP contribution in [-0.4, -0.2) is 4.87 Å². The largest absolute Gasteiger partial charge is 0.344 e. The van der Waals surface area contributed by atoms with Gasteiger partial charge in [-0.05, 0) is 19.3 Å². The molecule has 0 unspecified atom stereocenters. The Morgan fingerprint density at radius 2 is 1.64 bits per heavy atom. The summed E-state index contributed by atoms with van der Waals surface area (Å²) in [6.07, 6.45) is 2.96. The summed E-state index contributed by atoms with van der Waals surface area (Å²) >= 11 is 6.26. The topological polar surface area (TPSA) is 35.0 Å². The molecule has 0 aliphatic heterocycles. The van der Waals surface area contributed by atoms with Gasteiger partial charge in [-0.2, -0.15) is 0 Å². The summed E-state index contributed by atoms with van der Waals surface area (Å²) in [7, 11) is 0. The Balaban J connectivity index is 0. The Hall–Kier alpha value is -0.0100. The SMILES string of the molecule is C=C(CC)C(Cl)(CC)CC.N. The van der Waals surface area contributed by atoms with E-state index in [1.807, 2.05) is 0 Å². The van der Waals surface area contributed by atoms with E-state index >= 15 is 0 Å². The second kappa shape index (κ2) is 5.62. The quantitative estimate of drug-likeness (QED) is 0.513. The third-order valence-electron chi connectivity index (χ3n) is 2.18. The summed E-state index contributed by atoms with van der Waals surface area (Å²) in [6, 6.07) is 0. The molecular formula is C9H20ClN. The molecule has 0 saturated carbocycles. The van der Waals surface area contributed by atoms with E-state index in [1.165, 1.54) is 5.57 Å². The molecule has 0 aromatic heterocycles. The Kier molecular flexibility index (Phi) is 6.93. The van der Waals surface area contributed by atoms with Crippen LogP contribution in [0.4, 0.5) is 0 Å². The lowest BCUT2D eigenvalue weighted by Crippen LogP contribution is -2.20. The highest BCUT2D eigenvalue weighted by Crippen LogP contribution is 2.32. The number of rotatable bonds is 4. The monoisotopic (exact) mass is 177 g/mol. The first kappa shape index (κ1) is 13.6. The highest BCUT2D eigenvalue weighted by atomic mass is 35.5. The molecule has 0 aromatic rings. The smallest absolute Gasteiger partial charge is 0.0647 e. The Morgan fingerprint density at radius 3 is 1.73 bits per heavy atom. The van der Waals surface area contributed by atoms with Crippen LogP contribution in [0.2, 0.25) is 0 Å². The zero-order valence-corrected chi connectivity index (χ0v) is 8.67. The molecular weight excluding hydrogens is 158 g/mol. The standard InChI is InChI=1S/C9H17Cl.H3N/c1-5-8(4)9(10,6-2)7-3;/h4-7H2,1-3H3;1H3. The Labute approximate surface area is 75.4 Å². The van der Waals surface area contributed by atoms with Crippen LogP contribution in [0, 0.1) is 0 Å². The summed E-state index contributed by atoms with van der Waals surface area (Å²) in [5.41, 5.74) is 1.17. The number of hydrogen-bond acceptors (Lipinski definition) is 1. The number of allylic oxidation sites excluding steroid dienone is 1. The fourth-order valence-electron chi connectivity index (χ4n) is 1.07. The predicted molar refractivity (Wildman–Crippen MR) is 53.6 cm³/mol. The molecule has 0 rings (SSSR count). The van der Waals surface area contributed by atoms with Crippen molar-refractivity contribution in [2.45, 2.75) is 44.9 Å². The van der Waals surface area contributed by atoms with Gasteiger partial charge in [0, 0.05) is 0 Å². The molecule has 0 amide bonds. The van der Waals surface area contributed by atoms with Gasteiger partial charge >= 0.3 is 0 Å². The predicted octanol–water partition coefficient (Wildman–Crippen LogP) is 3.91. The van der Waals surface area contributed by atoms with Gasteiger partial charge in [-0.25, -0.2) is 0 Å². The van der Waals surface area contributed by atoms with Crippen LogP contribution in [0.5, 0.6) is 0 Å². The summed E-state index contributed by atoms with van der Waals surface area (Å²) in [6.45, 7) is 10.3. The maximum absolute atomic E-state index is 6.26. The van der Waals surface area contributed by atoms with Crippen molar-refractivity contribution in [1.29, 1.82) is 0 Å². The van der Waals surface area contributed by atoms with Crippen LogP contribution in [0.3, 0.4) is 0 Å². The van der Waals surface area contributed by atoms with Crippen molar-refractivity contribution < 1.29 is 0 Å². The second-order valence-corrected chi connectivity index (χ2v) is 3.35. The molecule has 0 aliphatic carbocycles. The molecule has 0 aromatic carbocycles. The van der Waals surface area contributed by atoms with Crippen LogP contribution in [0.25, 0.3) is 0 Å². The van der Waals surface area contributed by atoms with Crippen LogP contribution < -0.4 is 6.15 Å². The molecule has 0 aliphatic rings. The molecule has 68 valence electrons. The number of alkyl halides is 1. The minimum Gasteiger partial charge on any atom is -0.344 e. The Morgan fingerprint density at radius 1 is 1.27 bits per heavy atom. The highest BCUT2D eigenvalue weighted by Gasteiger charge is 2.24. The molecule has 0 bridgehead atoms. The average molecular weight is 178 g/mol. The van der Waals surface area contributed by atoms with Crippen LogP contribution in [0.1, 0.15) is 40.0 Å². The van der Waals surface area contributed by atoms with Crippen molar-refractivity contribution in [3.8, 4) is 0 Å². The molecule has 11 heavy (non-hydrogen) atoms. The maximum Gasteiger partial charge on any atom is 0.0647 e. The average Bonchev–Trinajstić information content (AvgIpc) is 2.01. The third kappa shape index (κ3) is 3.26. The molecule has 0 heterocycles. The van der Waals surface area contributed by atoms with Crippen molar-refractivity contribution in [2.24, 2.45) is 0 Å². The number of hydrogen-bond donors (Lipinski definition) is 1. The summed E-state index contributed by atoms with van der Waals surface area (Å²) in [5, 5.41) is 0. The van der Waals surface area contributed by atoms with Gasteiger partial charge in [0.15, 0.2) is 0 Å². The van der Waals surface area contributed by atoms with Gasteiger partial charge in [0.25, 0.3) is 0 Å². The van der Waals surface area contributed by atoms with Crippen molar-refractivity contribution in [3.63, 3.8) is 0 Å². The fourth-order valence-corrected chi connectivity index (χ4v) is 1.20. The van der Waals surface area contributed by atoms with E-state index in [2.05, 4.69) is 27.4 Å². The van der Waals surface area contributed by atoms with Gasteiger partial charge in [-0.15, -0.1) is 11.6 Å². The first-order valence-electron chi connectivity index (χ1n) is 3.97. The Bertz CT molecular complexity index is 117. The molecule has 2 heteroatoms. The van der Waals surface area contributed by atoms with Crippen molar-refractivity contribution in [2.75, 3.05) is 0 Å². The lowest BCUT2D eigenvalue weighted by Gasteiger charge is -2.25. The molecule has 0 spiro atoms. The summed E-state index contributed by atoms with van der Waals surface area (Å²) < 4.78 is 0. The zero-order chi connectivity index (χ0) is 8.20. The highest BCUT2D eigenvalue weighted by molar-refractivity contribution is 6.25. The third-order valence-corrected chi connectivity index (χ3v) is 2.98. The maximum atomic E-state index is 6.26. The van der Waals surface area contributed by atoms with E-state index in [9.17, 15) is 0 Å². The van der Waals surface area contributed by atoms with E-state index in [4.69, 9.17) is 11.6 Å². The minimum absolute atomic E-state index is 0. The fraction of sp³-hybridized carbons (Fsp3) is 0.778. The normalized spacial score (nSPS) is 10.5. The first-order valence-corrected chi connectivity index (χ1v) is 4.35.